The Kier molecular flexibility index (Phi) is 10.3. The van der Waals surface area contributed by atoms with E-state index in [2.05, 4.69) is 20.5 Å². The van der Waals surface area contributed by atoms with Gasteiger partial charge in [0.25, 0.3) is 11.8 Å². The van der Waals surface area contributed by atoms with Gasteiger partial charge in [0, 0.05) is 55.9 Å². The highest BCUT2D eigenvalue weighted by Gasteiger charge is 2.22. The number of nitrogens with zero attached hydrogens (tertiary/aromatic N) is 3. The Morgan fingerprint density at radius 2 is 1.51 bits per heavy atom. The van der Waals surface area contributed by atoms with Crippen molar-refractivity contribution in [3.8, 4) is 11.1 Å². The third kappa shape index (κ3) is 7.45. The lowest BCUT2D eigenvalue weighted by Crippen LogP contribution is -2.34. The molecule has 1 aliphatic heterocycles. The molecule has 0 saturated carbocycles. The normalized spacial score (nSPS) is 12.9. The van der Waals surface area contributed by atoms with Crippen LogP contribution in [0.1, 0.15) is 67.3 Å². The first kappa shape index (κ1) is 32.0. The summed E-state index contributed by atoms with van der Waals surface area (Å²) in [5, 5.41) is 24.4. The predicted octanol–water partition coefficient (Wildman–Crippen LogP) is 5.24. The van der Waals surface area contributed by atoms with E-state index in [1.165, 1.54) is 0 Å². The lowest BCUT2D eigenvalue weighted by molar-refractivity contribution is 0.101. The van der Waals surface area contributed by atoms with Crippen LogP contribution in [0.2, 0.25) is 0 Å². The molecule has 0 fully saturated rings. The summed E-state index contributed by atoms with van der Waals surface area (Å²) in [5.74, 6) is -0.549. The van der Waals surface area contributed by atoms with E-state index in [1.807, 2.05) is 69.3 Å². The molecule has 9 nitrogen and oxygen atoms in total. The van der Waals surface area contributed by atoms with Crippen LogP contribution in [-0.4, -0.2) is 63.2 Å². The summed E-state index contributed by atoms with van der Waals surface area (Å²) in [7, 11) is 0. The molecule has 3 heterocycles. The summed E-state index contributed by atoms with van der Waals surface area (Å²) in [4.78, 5) is 37.7. The number of unbranched alkanes of at least 4 members (excludes halogenated alkanes) is 1. The minimum atomic E-state index is -0.288. The van der Waals surface area contributed by atoms with E-state index in [4.69, 9.17) is 10.1 Å². The van der Waals surface area contributed by atoms with Crippen molar-refractivity contribution in [1.29, 1.82) is 0 Å². The molecule has 4 aromatic rings. The minimum absolute atomic E-state index is 0.124. The smallest absolute Gasteiger partial charge is 0.274 e. The minimum Gasteiger partial charge on any atom is -0.396 e. The molecule has 0 radical (unpaired) electrons. The zero-order valence-corrected chi connectivity index (χ0v) is 26.2. The second kappa shape index (κ2) is 14.6. The third-order valence-corrected chi connectivity index (χ3v) is 8.51. The van der Waals surface area contributed by atoms with E-state index in [9.17, 15) is 14.7 Å². The fourth-order valence-electron chi connectivity index (χ4n) is 5.85. The topological polar surface area (TPSA) is 128 Å². The van der Waals surface area contributed by atoms with Gasteiger partial charge in [-0.3, -0.25) is 19.5 Å². The number of anilines is 2. The highest BCUT2D eigenvalue weighted by molar-refractivity contribution is 6.05. The number of pyridine rings is 2. The van der Waals surface area contributed by atoms with Gasteiger partial charge in [-0.15, -0.1) is 0 Å². The number of β-amino-alcohol motifs (C(OH)–C–C–N with tert-alkyl or cyclic N) is 1. The molecule has 1 aliphatic rings. The van der Waals surface area contributed by atoms with Crippen molar-refractivity contribution in [2.24, 2.45) is 0 Å². The van der Waals surface area contributed by atoms with Crippen molar-refractivity contribution in [2.45, 2.75) is 53.0 Å². The Balaban J connectivity index is 1.32. The highest BCUT2D eigenvalue weighted by atomic mass is 16.3. The van der Waals surface area contributed by atoms with E-state index in [0.29, 0.717) is 29.3 Å². The van der Waals surface area contributed by atoms with Crippen LogP contribution in [0.15, 0.2) is 60.8 Å². The van der Waals surface area contributed by atoms with Crippen molar-refractivity contribution in [3.05, 3.63) is 106 Å². The molecule has 5 rings (SSSR count). The molecule has 45 heavy (non-hydrogen) atoms. The Hall–Kier alpha value is -4.44. The SMILES string of the molecule is Cc1cc(C(=O)Nc2cccc(-c3cccc(NC(=O)c4ccc(CCCCO)cn4)c3C)c2C)nc2c1CN(CCO)CC2. The van der Waals surface area contributed by atoms with Crippen molar-refractivity contribution in [3.63, 3.8) is 0 Å². The fraction of sp³-hybridized carbons (Fsp3) is 0.333. The van der Waals surface area contributed by atoms with E-state index in [0.717, 1.165) is 83.4 Å². The quantitative estimate of drug-likeness (QED) is 0.172. The average molecular weight is 608 g/mol. The lowest BCUT2D eigenvalue weighted by Gasteiger charge is -2.28. The number of aromatic nitrogens is 2. The number of benzene rings is 2. The maximum Gasteiger partial charge on any atom is 0.274 e. The molecule has 0 unspecified atom stereocenters. The molecule has 234 valence electrons. The van der Waals surface area contributed by atoms with Crippen molar-refractivity contribution < 1.29 is 19.8 Å². The standard InChI is InChI=1S/C36H41N5O4/c1-23-20-34(38-32-15-16-41(17-19-43)22-29(23)32)36(45)40-31-12-7-10-28(25(31)3)27-9-6-11-30(24(27)2)39-35(44)33-14-13-26(21-37-33)8-4-5-18-42/h6-7,9-14,20-21,42-43H,4-5,8,15-19,22H2,1-3H3,(H,39,44)(H,40,45). The molecular weight excluding hydrogens is 566 g/mol. The Bertz CT molecular complexity index is 1690. The summed E-state index contributed by atoms with van der Waals surface area (Å²) in [6, 6.07) is 17.1. The van der Waals surface area contributed by atoms with Gasteiger partial charge in [-0.1, -0.05) is 30.3 Å². The highest BCUT2D eigenvalue weighted by Crippen LogP contribution is 2.34. The molecule has 0 bridgehead atoms. The number of carbonyl (C=O) groups excluding carboxylic acids is 2. The molecule has 9 heteroatoms. The van der Waals surface area contributed by atoms with E-state index in [-0.39, 0.29) is 25.0 Å². The van der Waals surface area contributed by atoms with Crippen LogP contribution in [0, 0.1) is 20.8 Å². The number of hydrogen-bond donors (Lipinski definition) is 4. The molecule has 4 N–H and O–H groups in total. The Morgan fingerprint density at radius 3 is 2.11 bits per heavy atom. The molecule has 0 spiro atoms. The zero-order chi connectivity index (χ0) is 31.9. The zero-order valence-electron chi connectivity index (χ0n) is 26.2. The van der Waals surface area contributed by atoms with Gasteiger partial charge in [0.2, 0.25) is 0 Å². The largest absolute Gasteiger partial charge is 0.396 e. The number of amides is 2. The Morgan fingerprint density at radius 1 is 0.844 bits per heavy atom. The Labute approximate surface area is 264 Å². The van der Waals surface area contributed by atoms with Crippen LogP contribution < -0.4 is 10.6 Å². The molecule has 2 aromatic carbocycles. The molecule has 0 saturated heterocycles. The second-order valence-corrected chi connectivity index (χ2v) is 11.6. The molecule has 0 atom stereocenters. The van der Waals surface area contributed by atoms with Crippen molar-refractivity contribution >= 4 is 23.2 Å². The number of fused-ring (bicyclic) bond motifs is 1. The van der Waals surface area contributed by atoms with Gasteiger partial charge in [0.1, 0.15) is 11.4 Å². The monoisotopic (exact) mass is 607 g/mol. The van der Waals surface area contributed by atoms with Gasteiger partial charge < -0.3 is 20.8 Å². The summed E-state index contributed by atoms with van der Waals surface area (Å²) in [6.45, 7) is 8.41. The maximum absolute atomic E-state index is 13.4. The van der Waals surface area contributed by atoms with Crippen LogP contribution in [0.4, 0.5) is 11.4 Å². The number of nitrogens with one attached hydrogen (secondary N) is 2. The van der Waals surface area contributed by atoms with Gasteiger partial charge >= 0.3 is 0 Å². The van der Waals surface area contributed by atoms with Gasteiger partial charge in [-0.25, -0.2) is 4.98 Å². The van der Waals surface area contributed by atoms with Crippen LogP contribution in [0.3, 0.4) is 0 Å². The molecule has 2 aromatic heterocycles. The van der Waals surface area contributed by atoms with Crippen molar-refractivity contribution in [2.75, 3.05) is 36.9 Å². The van der Waals surface area contributed by atoms with Gasteiger partial charge in [-0.2, -0.15) is 0 Å². The number of rotatable bonds is 11. The molecule has 2 amide bonds. The van der Waals surface area contributed by atoms with E-state index < -0.39 is 0 Å². The second-order valence-electron chi connectivity index (χ2n) is 11.6. The fourth-order valence-corrected chi connectivity index (χ4v) is 5.85. The number of hydrogen-bond acceptors (Lipinski definition) is 7. The average Bonchev–Trinajstić information content (AvgIpc) is 3.04. The van der Waals surface area contributed by atoms with Crippen LogP contribution >= 0.6 is 0 Å². The van der Waals surface area contributed by atoms with E-state index in [1.54, 1.807) is 12.3 Å². The van der Waals surface area contributed by atoms with Gasteiger partial charge in [0.15, 0.2) is 0 Å². The number of aryl methyl sites for hydroxylation is 2. The number of carbonyl (C=O) groups is 2. The van der Waals surface area contributed by atoms with Crippen LogP contribution in [0.25, 0.3) is 11.1 Å². The molecular formula is C36H41N5O4. The third-order valence-electron chi connectivity index (χ3n) is 8.51. The first-order valence-corrected chi connectivity index (χ1v) is 15.5. The van der Waals surface area contributed by atoms with Gasteiger partial charge in [0.05, 0.1) is 6.61 Å². The lowest BCUT2D eigenvalue weighted by atomic mass is 9.94. The van der Waals surface area contributed by atoms with Crippen LogP contribution in [0.5, 0.6) is 0 Å². The summed E-state index contributed by atoms with van der Waals surface area (Å²) >= 11 is 0. The maximum atomic E-state index is 13.4. The first-order chi connectivity index (χ1) is 21.8. The summed E-state index contributed by atoms with van der Waals surface area (Å²) < 4.78 is 0. The first-order valence-electron chi connectivity index (χ1n) is 15.5. The van der Waals surface area contributed by atoms with Crippen molar-refractivity contribution in [1.82, 2.24) is 14.9 Å². The van der Waals surface area contributed by atoms with E-state index >= 15 is 0 Å². The summed E-state index contributed by atoms with van der Waals surface area (Å²) in [6.07, 6.45) is 4.88. The van der Waals surface area contributed by atoms with Crippen LogP contribution in [-0.2, 0) is 19.4 Å². The number of aliphatic hydroxyl groups excluding tert-OH is 2. The molecule has 0 aliphatic carbocycles. The summed E-state index contributed by atoms with van der Waals surface area (Å²) in [5.41, 5.74) is 9.94. The predicted molar refractivity (Wildman–Crippen MR) is 177 cm³/mol. The van der Waals surface area contributed by atoms with Gasteiger partial charge in [-0.05, 0) is 103 Å². The number of aliphatic hydroxyl groups is 2.